The molecular formula is C18H21NO. The van der Waals surface area contributed by atoms with Crippen molar-refractivity contribution in [1.29, 1.82) is 0 Å². The van der Waals surface area contributed by atoms with Gasteiger partial charge in [-0.25, -0.2) is 0 Å². The highest BCUT2D eigenvalue weighted by Crippen LogP contribution is 2.19. The third-order valence-corrected chi connectivity index (χ3v) is 3.76. The van der Waals surface area contributed by atoms with Crippen LogP contribution in [0, 0.1) is 13.8 Å². The number of carbonyl (C=O) groups is 1. The molecule has 2 aromatic rings. The summed E-state index contributed by atoms with van der Waals surface area (Å²) in [7, 11) is 1.93. The molecule has 2 heteroatoms. The molecule has 0 saturated carbocycles. The van der Waals surface area contributed by atoms with E-state index in [1.54, 1.807) is 0 Å². The van der Waals surface area contributed by atoms with Gasteiger partial charge in [-0.2, -0.15) is 0 Å². The van der Waals surface area contributed by atoms with Crippen LogP contribution in [0.1, 0.15) is 32.6 Å². The minimum atomic E-state index is 0.123. The molecule has 0 fully saturated rings. The molecule has 0 unspecified atom stereocenters. The summed E-state index contributed by atoms with van der Waals surface area (Å²) in [5.41, 5.74) is 4.95. The molecule has 0 aromatic heterocycles. The van der Waals surface area contributed by atoms with E-state index in [0.717, 1.165) is 40.8 Å². The van der Waals surface area contributed by atoms with E-state index in [4.69, 9.17) is 0 Å². The number of benzene rings is 2. The Morgan fingerprint density at radius 1 is 1.00 bits per heavy atom. The van der Waals surface area contributed by atoms with Crippen LogP contribution in [0.2, 0.25) is 0 Å². The predicted octanol–water partition coefficient (Wildman–Crippen LogP) is 3.30. The Bertz CT molecular complexity index is 617. The topological polar surface area (TPSA) is 29.1 Å². The van der Waals surface area contributed by atoms with E-state index in [9.17, 15) is 4.79 Å². The minimum Gasteiger partial charge on any atom is -0.319 e. The third-order valence-electron chi connectivity index (χ3n) is 3.76. The highest BCUT2D eigenvalue weighted by Gasteiger charge is 2.15. The SMILES string of the molecule is CNCCc1ccccc1C(=O)c1cccc(C)c1C. The maximum Gasteiger partial charge on any atom is 0.193 e. The number of rotatable bonds is 5. The first-order chi connectivity index (χ1) is 9.65. The van der Waals surface area contributed by atoms with Gasteiger partial charge in [-0.3, -0.25) is 4.79 Å². The van der Waals surface area contributed by atoms with Crippen molar-refractivity contribution in [3.63, 3.8) is 0 Å². The fraction of sp³-hybridized carbons (Fsp3) is 0.278. The van der Waals surface area contributed by atoms with Crippen molar-refractivity contribution in [2.24, 2.45) is 0 Å². The number of hydrogen-bond acceptors (Lipinski definition) is 2. The summed E-state index contributed by atoms with van der Waals surface area (Å²) in [6.07, 6.45) is 0.864. The molecule has 2 nitrogen and oxygen atoms in total. The summed E-state index contributed by atoms with van der Waals surface area (Å²) < 4.78 is 0. The first-order valence-corrected chi connectivity index (χ1v) is 6.98. The Morgan fingerprint density at radius 2 is 1.70 bits per heavy atom. The lowest BCUT2D eigenvalue weighted by Gasteiger charge is -2.11. The Labute approximate surface area is 120 Å². The van der Waals surface area contributed by atoms with Gasteiger partial charge in [-0.15, -0.1) is 0 Å². The van der Waals surface area contributed by atoms with Gasteiger partial charge < -0.3 is 5.32 Å². The Morgan fingerprint density at radius 3 is 2.45 bits per heavy atom. The van der Waals surface area contributed by atoms with Crippen molar-refractivity contribution in [3.05, 3.63) is 70.3 Å². The van der Waals surface area contributed by atoms with Gasteiger partial charge in [-0.05, 0) is 50.6 Å². The van der Waals surface area contributed by atoms with Crippen molar-refractivity contribution < 1.29 is 4.79 Å². The predicted molar refractivity (Wildman–Crippen MR) is 83.4 cm³/mol. The van der Waals surface area contributed by atoms with E-state index in [0.29, 0.717) is 0 Å². The van der Waals surface area contributed by atoms with Crippen molar-refractivity contribution >= 4 is 5.78 Å². The van der Waals surface area contributed by atoms with Crippen LogP contribution in [-0.2, 0) is 6.42 Å². The summed E-state index contributed by atoms with van der Waals surface area (Å²) in [6, 6.07) is 13.8. The van der Waals surface area contributed by atoms with E-state index in [2.05, 4.69) is 5.32 Å². The van der Waals surface area contributed by atoms with Crippen LogP contribution in [0.4, 0.5) is 0 Å². The number of likely N-dealkylation sites (N-methyl/N-ethyl adjacent to an activating group) is 1. The van der Waals surface area contributed by atoms with Crippen LogP contribution in [0.5, 0.6) is 0 Å². The summed E-state index contributed by atoms with van der Waals surface area (Å²) in [5.74, 6) is 0.123. The Kier molecular flexibility index (Phi) is 4.70. The Hall–Kier alpha value is -1.93. The van der Waals surface area contributed by atoms with Gasteiger partial charge >= 0.3 is 0 Å². The number of aryl methyl sites for hydroxylation is 1. The molecule has 1 N–H and O–H groups in total. The second-order valence-electron chi connectivity index (χ2n) is 5.09. The van der Waals surface area contributed by atoms with Gasteiger partial charge in [0.25, 0.3) is 0 Å². The molecule has 0 bridgehead atoms. The fourth-order valence-corrected chi connectivity index (χ4v) is 2.36. The largest absolute Gasteiger partial charge is 0.319 e. The number of ketones is 1. The van der Waals surface area contributed by atoms with E-state index in [1.807, 2.05) is 63.4 Å². The van der Waals surface area contributed by atoms with Crippen molar-refractivity contribution in [2.75, 3.05) is 13.6 Å². The maximum absolute atomic E-state index is 12.8. The zero-order valence-corrected chi connectivity index (χ0v) is 12.4. The molecule has 0 atom stereocenters. The molecule has 2 aromatic carbocycles. The van der Waals surface area contributed by atoms with E-state index >= 15 is 0 Å². The quantitative estimate of drug-likeness (QED) is 0.842. The summed E-state index contributed by atoms with van der Waals surface area (Å²) >= 11 is 0. The van der Waals surface area contributed by atoms with Crippen LogP contribution in [0.25, 0.3) is 0 Å². The normalized spacial score (nSPS) is 10.6. The standard InChI is InChI=1S/C18H21NO/c1-13-7-6-10-16(14(13)2)18(20)17-9-5-4-8-15(17)11-12-19-3/h4-10,19H,11-12H2,1-3H3. The molecule has 104 valence electrons. The second-order valence-corrected chi connectivity index (χ2v) is 5.09. The molecule has 0 amide bonds. The van der Waals surface area contributed by atoms with E-state index < -0.39 is 0 Å². The lowest BCUT2D eigenvalue weighted by Crippen LogP contribution is -2.14. The molecule has 0 heterocycles. The van der Waals surface area contributed by atoms with Gasteiger partial charge in [0.1, 0.15) is 0 Å². The van der Waals surface area contributed by atoms with Gasteiger partial charge in [0.2, 0.25) is 0 Å². The summed E-state index contributed by atoms with van der Waals surface area (Å²) in [6.45, 7) is 4.93. The molecular weight excluding hydrogens is 246 g/mol. The highest BCUT2D eigenvalue weighted by atomic mass is 16.1. The van der Waals surface area contributed by atoms with Gasteiger partial charge in [0.05, 0.1) is 0 Å². The molecule has 0 aliphatic heterocycles. The lowest BCUT2D eigenvalue weighted by atomic mass is 9.92. The Balaban J connectivity index is 2.40. The zero-order chi connectivity index (χ0) is 14.5. The van der Waals surface area contributed by atoms with Gasteiger partial charge in [0.15, 0.2) is 5.78 Å². The van der Waals surface area contributed by atoms with Crippen LogP contribution < -0.4 is 5.32 Å². The summed E-state index contributed by atoms with van der Waals surface area (Å²) in [4.78, 5) is 12.8. The average Bonchev–Trinajstić information content (AvgIpc) is 2.47. The molecule has 20 heavy (non-hydrogen) atoms. The van der Waals surface area contributed by atoms with Crippen molar-refractivity contribution in [3.8, 4) is 0 Å². The molecule has 2 rings (SSSR count). The maximum atomic E-state index is 12.8. The molecule has 0 aliphatic rings. The van der Waals surface area contributed by atoms with Crippen LogP contribution >= 0.6 is 0 Å². The van der Waals surface area contributed by atoms with Crippen molar-refractivity contribution in [1.82, 2.24) is 5.32 Å². The van der Waals surface area contributed by atoms with E-state index in [-0.39, 0.29) is 5.78 Å². The number of nitrogens with one attached hydrogen (secondary N) is 1. The highest BCUT2D eigenvalue weighted by molar-refractivity contribution is 6.10. The van der Waals surface area contributed by atoms with Crippen molar-refractivity contribution in [2.45, 2.75) is 20.3 Å². The fourth-order valence-electron chi connectivity index (χ4n) is 2.36. The minimum absolute atomic E-state index is 0.123. The first-order valence-electron chi connectivity index (χ1n) is 6.98. The number of carbonyl (C=O) groups excluding carboxylic acids is 1. The van der Waals surface area contributed by atoms with Gasteiger partial charge in [-0.1, -0.05) is 42.5 Å². The van der Waals surface area contributed by atoms with Crippen LogP contribution in [0.15, 0.2) is 42.5 Å². The molecule has 0 radical (unpaired) electrons. The average molecular weight is 267 g/mol. The molecule has 0 saturated heterocycles. The monoisotopic (exact) mass is 267 g/mol. The third kappa shape index (κ3) is 2.97. The lowest BCUT2D eigenvalue weighted by molar-refractivity contribution is 0.103. The second kappa shape index (κ2) is 6.49. The summed E-state index contributed by atoms with van der Waals surface area (Å²) in [5, 5.41) is 3.13. The van der Waals surface area contributed by atoms with Crippen LogP contribution in [-0.4, -0.2) is 19.4 Å². The first kappa shape index (κ1) is 14.5. The smallest absolute Gasteiger partial charge is 0.193 e. The van der Waals surface area contributed by atoms with E-state index in [1.165, 1.54) is 0 Å². The zero-order valence-electron chi connectivity index (χ0n) is 12.4. The molecule has 0 spiro atoms. The van der Waals surface area contributed by atoms with Gasteiger partial charge in [0, 0.05) is 11.1 Å². The van der Waals surface area contributed by atoms with Crippen LogP contribution in [0.3, 0.4) is 0 Å². The number of hydrogen-bond donors (Lipinski definition) is 1. The molecule has 0 aliphatic carbocycles.